The fraction of sp³-hybridized carbons (Fsp3) is 0.176. The number of rotatable bonds is 4. The van der Waals surface area contributed by atoms with Crippen LogP contribution < -0.4 is 0 Å². The predicted octanol–water partition coefficient (Wildman–Crippen LogP) is 3.77. The van der Waals surface area contributed by atoms with Crippen LogP contribution >= 0.6 is 0 Å². The Morgan fingerprint density at radius 2 is 1.86 bits per heavy atom. The van der Waals surface area contributed by atoms with Gasteiger partial charge in [-0.2, -0.15) is 0 Å². The summed E-state index contributed by atoms with van der Waals surface area (Å²) in [7, 11) is -3.53. The summed E-state index contributed by atoms with van der Waals surface area (Å²) in [5.74, 6) is -0.633. The first-order valence-electron chi connectivity index (χ1n) is 7.06. The van der Waals surface area contributed by atoms with Gasteiger partial charge >= 0.3 is 0 Å². The first-order valence-corrected chi connectivity index (χ1v) is 8.71. The molecular formula is C17H16FNO2S. The van der Waals surface area contributed by atoms with Crippen LogP contribution in [-0.4, -0.2) is 13.0 Å². The van der Waals surface area contributed by atoms with Gasteiger partial charge in [-0.25, -0.2) is 12.8 Å². The topological polar surface area (TPSA) is 39.1 Å². The molecular weight excluding hydrogens is 301 g/mol. The summed E-state index contributed by atoms with van der Waals surface area (Å²) >= 11 is 0. The zero-order valence-corrected chi connectivity index (χ0v) is 13.0. The Hall–Kier alpha value is -2.14. The molecule has 3 aromatic rings. The molecule has 114 valence electrons. The van der Waals surface area contributed by atoms with Gasteiger partial charge in [0.2, 0.25) is 0 Å². The van der Waals surface area contributed by atoms with E-state index in [0.29, 0.717) is 22.4 Å². The summed E-state index contributed by atoms with van der Waals surface area (Å²) < 4.78 is 40.6. The van der Waals surface area contributed by atoms with Gasteiger partial charge in [0.15, 0.2) is 9.84 Å². The van der Waals surface area contributed by atoms with Crippen molar-refractivity contribution in [1.29, 1.82) is 0 Å². The average Bonchev–Trinajstić information content (AvgIpc) is 2.86. The average molecular weight is 317 g/mol. The smallest absolute Gasteiger partial charge is 0.184 e. The zero-order chi connectivity index (χ0) is 15.7. The van der Waals surface area contributed by atoms with Gasteiger partial charge in [0, 0.05) is 23.6 Å². The lowest BCUT2D eigenvalue weighted by Gasteiger charge is -2.03. The van der Waals surface area contributed by atoms with Crippen molar-refractivity contribution in [2.45, 2.75) is 24.1 Å². The summed E-state index contributed by atoms with van der Waals surface area (Å²) in [6, 6.07) is 13.1. The van der Waals surface area contributed by atoms with Crippen LogP contribution in [0.4, 0.5) is 4.39 Å². The van der Waals surface area contributed by atoms with E-state index in [1.807, 2.05) is 29.7 Å². The fourth-order valence-corrected chi connectivity index (χ4v) is 4.22. The molecule has 1 aromatic heterocycles. The van der Waals surface area contributed by atoms with E-state index in [9.17, 15) is 12.8 Å². The standard InChI is InChI=1S/C17H16FNO2S/c1-2-19-11-17(15-8-3-4-9-16(15)19)22(20,21)12-13-6-5-7-14(18)10-13/h3-11H,2,12H2,1H3. The number of benzene rings is 2. The summed E-state index contributed by atoms with van der Waals surface area (Å²) in [4.78, 5) is 0.300. The summed E-state index contributed by atoms with van der Waals surface area (Å²) in [5, 5.41) is 0.709. The van der Waals surface area contributed by atoms with E-state index < -0.39 is 15.7 Å². The van der Waals surface area contributed by atoms with Crippen molar-refractivity contribution in [3.63, 3.8) is 0 Å². The second-order valence-electron chi connectivity index (χ2n) is 5.19. The molecule has 0 N–H and O–H groups in total. The Morgan fingerprint density at radius 3 is 2.59 bits per heavy atom. The SMILES string of the molecule is CCn1cc(S(=O)(=O)Cc2cccc(F)c2)c2ccccc21. The number of hydrogen-bond donors (Lipinski definition) is 0. The van der Waals surface area contributed by atoms with Gasteiger partial charge in [-0.3, -0.25) is 0 Å². The van der Waals surface area contributed by atoms with Crippen LogP contribution in [0.3, 0.4) is 0 Å². The number of sulfone groups is 1. The third-order valence-corrected chi connectivity index (χ3v) is 5.38. The predicted molar refractivity (Wildman–Crippen MR) is 84.9 cm³/mol. The number of para-hydroxylation sites is 1. The van der Waals surface area contributed by atoms with Crippen LogP contribution in [0.2, 0.25) is 0 Å². The zero-order valence-electron chi connectivity index (χ0n) is 12.2. The number of halogens is 1. The maximum absolute atomic E-state index is 13.3. The fourth-order valence-electron chi connectivity index (χ4n) is 2.65. The number of hydrogen-bond acceptors (Lipinski definition) is 2. The summed E-state index contributed by atoms with van der Waals surface area (Å²) in [6.07, 6.45) is 1.67. The van der Waals surface area contributed by atoms with Gasteiger partial charge in [0.05, 0.1) is 10.6 Å². The van der Waals surface area contributed by atoms with Gasteiger partial charge < -0.3 is 4.57 Å². The van der Waals surface area contributed by atoms with Crippen LogP contribution in [0.5, 0.6) is 0 Å². The summed E-state index contributed by atoms with van der Waals surface area (Å²) in [6.45, 7) is 2.66. The molecule has 0 aliphatic rings. The van der Waals surface area contributed by atoms with Crippen molar-refractivity contribution >= 4 is 20.7 Å². The molecule has 22 heavy (non-hydrogen) atoms. The molecule has 1 heterocycles. The van der Waals surface area contributed by atoms with Crippen molar-refractivity contribution in [2.24, 2.45) is 0 Å². The van der Waals surface area contributed by atoms with Gasteiger partial charge in [-0.15, -0.1) is 0 Å². The van der Waals surface area contributed by atoms with E-state index in [4.69, 9.17) is 0 Å². The van der Waals surface area contributed by atoms with Gasteiger partial charge in [-0.1, -0.05) is 30.3 Å². The third kappa shape index (κ3) is 2.64. The molecule has 0 amide bonds. The van der Waals surface area contributed by atoms with Gasteiger partial charge in [-0.05, 0) is 30.7 Å². The minimum atomic E-state index is -3.53. The van der Waals surface area contributed by atoms with E-state index in [2.05, 4.69) is 0 Å². The number of aryl methyl sites for hydroxylation is 1. The third-order valence-electron chi connectivity index (χ3n) is 3.67. The van der Waals surface area contributed by atoms with Crippen molar-refractivity contribution in [1.82, 2.24) is 4.57 Å². The molecule has 0 bridgehead atoms. The molecule has 0 radical (unpaired) electrons. The second-order valence-corrected chi connectivity index (χ2v) is 7.14. The molecule has 0 saturated heterocycles. The quantitative estimate of drug-likeness (QED) is 0.734. The number of nitrogens with zero attached hydrogens (tertiary/aromatic N) is 1. The van der Waals surface area contributed by atoms with E-state index in [0.717, 1.165) is 5.52 Å². The lowest BCUT2D eigenvalue weighted by molar-refractivity contribution is 0.595. The first-order chi connectivity index (χ1) is 10.5. The maximum atomic E-state index is 13.3. The van der Waals surface area contributed by atoms with Crippen molar-refractivity contribution in [3.8, 4) is 0 Å². The number of aromatic nitrogens is 1. The molecule has 0 spiro atoms. The van der Waals surface area contributed by atoms with Gasteiger partial charge in [0.1, 0.15) is 5.82 Å². The van der Waals surface area contributed by atoms with Crippen LogP contribution in [0.15, 0.2) is 59.6 Å². The molecule has 0 saturated carbocycles. The Labute approximate surface area is 128 Å². The molecule has 3 nitrogen and oxygen atoms in total. The lowest BCUT2D eigenvalue weighted by atomic mass is 10.2. The first kappa shape index (κ1) is 14.8. The minimum Gasteiger partial charge on any atom is -0.346 e. The van der Waals surface area contributed by atoms with E-state index in [1.165, 1.54) is 18.2 Å². The minimum absolute atomic E-state index is 0.206. The molecule has 2 aromatic carbocycles. The molecule has 0 atom stereocenters. The Morgan fingerprint density at radius 1 is 1.09 bits per heavy atom. The molecule has 3 rings (SSSR count). The highest BCUT2D eigenvalue weighted by atomic mass is 32.2. The molecule has 0 fully saturated rings. The highest BCUT2D eigenvalue weighted by Crippen LogP contribution is 2.28. The monoisotopic (exact) mass is 317 g/mol. The highest BCUT2D eigenvalue weighted by Gasteiger charge is 2.21. The lowest BCUT2D eigenvalue weighted by Crippen LogP contribution is -2.05. The largest absolute Gasteiger partial charge is 0.346 e. The summed E-state index contributed by atoms with van der Waals surface area (Å²) in [5.41, 5.74) is 1.34. The van der Waals surface area contributed by atoms with Crippen molar-refractivity contribution in [3.05, 3.63) is 66.1 Å². The molecule has 0 aliphatic carbocycles. The van der Waals surface area contributed by atoms with Crippen LogP contribution in [0.1, 0.15) is 12.5 Å². The molecule has 0 unspecified atom stereocenters. The number of fused-ring (bicyclic) bond motifs is 1. The van der Waals surface area contributed by atoms with E-state index in [1.54, 1.807) is 18.3 Å². The Bertz CT molecular complexity index is 929. The van der Waals surface area contributed by atoms with Crippen molar-refractivity contribution < 1.29 is 12.8 Å². The molecule has 0 aliphatic heterocycles. The van der Waals surface area contributed by atoms with Gasteiger partial charge in [0.25, 0.3) is 0 Å². The highest BCUT2D eigenvalue weighted by molar-refractivity contribution is 7.90. The Balaban J connectivity index is 2.10. The maximum Gasteiger partial charge on any atom is 0.184 e. The van der Waals surface area contributed by atoms with Crippen molar-refractivity contribution in [2.75, 3.05) is 0 Å². The van der Waals surface area contributed by atoms with E-state index >= 15 is 0 Å². The van der Waals surface area contributed by atoms with Crippen LogP contribution in [-0.2, 0) is 22.1 Å². The van der Waals surface area contributed by atoms with Crippen LogP contribution in [0, 0.1) is 5.82 Å². The van der Waals surface area contributed by atoms with Crippen LogP contribution in [0.25, 0.3) is 10.9 Å². The molecule has 5 heteroatoms. The Kier molecular flexibility index (Phi) is 3.74. The van der Waals surface area contributed by atoms with E-state index in [-0.39, 0.29) is 5.75 Å². The second kappa shape index (κ2) is 5.57. The normalized spacial score (nSPS) is 11.9.